The molecule has 7 heteroatoms. The van der Waals surface area contributed by atoms with Crippen molar-refractivity contribution >= 4 is 18.0 Å². The van der Waals surface area contributed by atoms with Crippen molar-refractivity contribution in [2.45, 2.75) is 32.2 Å². The molecule has 0 radical (unpaired) electrons. The van der Waals surface area contributed by atoms with Crippen molar-refractivity contribution in [1.29, 1.82) is 0 Å². The summed E-state index contributed by atoms with van der Waals surface area (Å²) in [6.45, 7) is 4.15. The standard InChI is InChI=1S/C27H30N2O5/c1-17(2)14-29(15-25(30)31)26(32)18-11-12-19(13-18)28-27(33)34-16-24-22-9-5-3-7-20(22)21-8-4-6-10-23(21)24/h3-12,17-19,24H,13-16H2,1-2H3,(H,28,33)(H,30,31). The van der Waals surface area contributed by atoms with E-state index in [0.717, 1.165) is 11.1 Å². The molecule has 7 nitrogen and oxygen atoms in total. The highest BCUT2D eigenvalue weighted by atomic mass is 16.5. The van der Waals surface area contributed by atoms with Crippen LogP contribution in [-0.2, 0) is 14.3 Å². The molecule has 0 aromatic heterocycles. The van der Waals surface area contributed by atoms with Crippen LogP contribution in [0.25, 0.3) is 11.1 Å². The van der Waals surface area contributed by atoms with E-state index in [4.69, 9.17) is 9.84 Å². The van der Waals surface area contributed by atoms with Crippen molar-refractivity contribution in [3.05, 3.63) is 71.8 Å². The van der Waals surface area contributed by atoms with Gasteiger partial charge >= 0.3 is 12.1 Å². The van der Waals surface area contributed by atoms with Crippen LogP contribution in [0.2, 0.25) is 0 Å². The molecule has 0 saturated heterocycles. The minimum Gasteiger partial charge on any atom is -0.480 e. The summed E-state index contributed by atoms with van der Waals surface area (Å²) in [6.07, 6.45) is 3.37. The van der Waals surface area contributed by atoms with E-state index in [9.17, 15) is 14.4 Å². The molecule has 34 heavy (non-hydrogen) atoms. The summed E-state index contributed by atoms with van der Waals surface area (Å²) in [4.78, 5) is 37.9. The molecule has 2 aliphatic rings. The number of carbonyl (C=O) groups is 3. The molecule has 0 aliphatic heterocycles. The zero-order valence-electron chi connectivity index (χ0n) is 19.4. The first-order valence-corrected chi connectivity index (χ1v) is 11.6. The number of rotatable bonds is 8. The molecule has 0 heterocycles. The predicted molar refractivity (Wildman–Crippen MR) is 128 cm³/mol. The zero-order valence-corrected chi connectivity index (χ0v) is 19.4. The molecule has 2 aromatic carbocycles. The predicted octanol–water partition coefficient (Wildman–Crippen LogP) is 4.04. The number of fused-ring (bicyclic) bond motifs is 3. The van der Waals surface area contributed by atoms with Gasteiger partial charge in [-0.3, -0.25) is 9.59 Å². The van der Waals surface area contributed by atoms with Crippen molar-refractivity contribution in [2.24, 2.45) is 11.8 Å². The van der Waals surface area contributed by atoms with Crippen molar-refractivity contribution < 1.29 is 24.2 Å². The topological polar surface area (TPSA) is 95.9 Å². The van der Waals surface area contributed by atoms with E-state index in [0.29, 0.717) is 13.0 Å². The van der Waals surface area contributed by atoms with Gasteiger partial charge in [0.15, 0.2) is 0 Å². The smallest absolute Gasteiger partial charge is 0.407 e. The molecular formula is C27H30N2O5. The van der Waals surface area contributed by atoms with E-state index in [1.807, 2.05) is 38.1 Å². The SMILES string of the molecule is CC(C)CN(CC(=O)O)C(=O)C1C=CC(NC(=O)OCC2c3ccccc3-c3ccccc32)C1. The minimum atomic E-state index is -1.04. The van der Waals surface area contributed by atoms with Crippen LogP contribution in [0.15, 0.2) is 60.7 Å². The van der Waals surface area contributed by atoms with Gasteiger partial charge < -0.3 is 20.1 Å². The van der Waals surface area contributed by atoms with E-state index in [1.165, 1.54) is 16.0 Å². The molecule has 2 atom stereocenters. The van der Waals surface area contributed by atoms with Crippen LogP contribution in [0.5, 0.6) is 0 Å². The number of hydrogen-bond donors (Lipinski definition) is 2. The van der Waals surface area contributed by atoms with Gasteiger partial charge in [-0.2, -0.15) is 0 Å². The second kappa shape index (κ2) is 10.1. The molecule has 2 unspecified atom stereocenters. The molecule has 0 saturated carbocycles. The molecule has 178 valence electrons. The summed E-state index contributed by atoms with van der Waals surface area (Å²) in [6, 6.07) is 16.0. The number of carbonyl (C=O) groups excluding carboxylic acids is 2. The number of nitrogens with zero attached hydrogens (tertiary/aromatic N) is 1. The number of alkyl carbamates (subject to hydrolysis) is 1. The van der Waals surface area contributed by atoms with Gasteiger partial charge in [-0.25, -0.2) is 4.79 Å². The Kier molecular flexibility index (Phi) is 7.01. The number of benzene rings is 2. The summed E-state index contributed by atoms with van der Waals surface area (Å²) in [5.41, 5.74) is 4.62. The van der Waals surface area contributed by atoms with Crippen LogP contribution in [0.1, 0.15) is 37.3 Å². The number of amides is 2. The molecule has 0 spiro atoms. The maximum absolute atomic E-state index is 12.8. The van der Waals surface area contributed by atoms with Gasteiger partial charge in [-0.05, 0) is 34.6 Å². The van der Waals surface area contributed by atoms with Crippen LogP contribution in [-0.4, -0.2) is 53.7 Å². The third-order valence-corrected chi connectivity index (χ3v) is 6.27. The quantitative estimate of drug-likeness (QED) is 0.578. The van der Waals surface area contributed by atoms with Gasteiger partial charge in [-0.15, -0.1) is 0 Å². The Balaban J connectivity index is 1.32. The van der Waals surface area contributed by atoms with E-state index in [2.05, 4.69) is 29.6 Å². The van der Waals surface area contributed by atoms with Crippen molar-refractivity contribution in [3.8, 4) is 11.1 Å². The lowest BCUT2D eigenvalue weighted by atomic mass is 9.98. The number of carboxylic acid groups (broad SMARTS) is 1. The van der Waals surface area contributed by atoms with Gasteiger partial charge in [0.1, 0.15) is 13.2 Å². The third-order valence-electron chi connectivity index (χ3n) is 6.27. The molecule has 4 rings (SSSR count). The van der Waals surface area contributed by atoms with Gasteiger partial charge in [0.05, 0.1) is 12.0 Å². The first-order valence-electron chi connectivity index (χ1n) is 11.6. The highest BCUT2D eigenvalue weighted by molar-refractivity contribution is 5.85. The third kappa shape index (κ3) is 5.14. The Morgan fingerprint density at radius 3 is 2.24 bits per heavy atom. The average molecular weight is 463 g/mol. The van der Waals surface area contributed by atoms with Gasteiger partial charge in [0.25, 0.3) is 0 Å². The second-order valence-corrected chi connectivity index (χ2v) is 9.31. The number of carboxylic acids is 1. The zero-order chi connectivity index (χ0) is 24.2. The van der Waals surface area contributed by atoms with Gasteiger partial charge in [0.2, 0.25) is 5.91 Å². The molecule has 2 amide bonds. The molecule has 0 fully saturated rings. The fraction of sp³-hybridized carbons (Fsp3) is 0.370. The second-order valence-electron chi connectivity index (χ2n) is 9.31. The Morgan fingerprint density at radius 1 is 1.03 bits per heavy atom. The summed E-state index contributed by atoms with van der Waals surface area (Å²) >= 11 is 0. The summed E-state index contributed by atoms with van der Waals surface area (Å²) in [5, 5.41) is 12.0. The monoisotopic (exact) mass is 462 g/mol. The molecular weight excluding hydrogens is 432 g/mol. The minimum absolute atomic E-state index is 0.0211. The Morgan fingerprint density at radius 2 is 1.65 bits per heavy atom. The van der Waals surface area contributed by atoms with E-state index in [1.54, 1.807) is 12.2 Å². The summed E-state index contributed by atoms with van der Waals surface area (Å²) in [7, 11) is 0. The Hall–Kier alpha value is -3.61. The van der Waals surface area contributed by atoms with Crippen molar-refractivity contribution in [2.75, 3.05) is 19.7 Å². The summed E-state index contributed by atoms with van der Waals surface area (Å²) in [5.74, 6) is -1.60. The van der Waals surface area contributed by atoms with Crippen LogP contribution in [0, 0.1) is 11.8 Å². The lowest BCUT2D eigenvalue weighted by molar-refractivity contribution is -0.146. The van der Waals surface area contributed by atoms with Gasteiger partial charge in [0, 0.05) is 12.5 Å². The molecule has 2 aromatic rings. The Bertz CT molecular complexity index is 1060. The maximum atomic E-state index is 12.8. The maximum Gasteiger partial charge on any atom is 0.407 e. The average Bonchev–Trinajstić information content (AvgIpc) is 3.39. The molecule has 0 bridgehead atoms. The van der Waals surface area contributed by atoms with E-state index < -0.39 is 18.0 Å². The highest BCUT2D eigenvalue weighted by Gasteiger charge is 2.32. The van der Waals surface area contributed by atoms with Crippen LogP contribution in [0.3, 0.4) is 0 Å². The Labute approximate surface area is 199 Å². The van der Waals surface area contributed by atoms with Gasteiger partial charge in [-0.1, -0.05) is 74.5 Å². The lowest BCUT2D eigenvalue weighted by Gasteiger charge is -2.25. The lowest BCUT2D eigenvalue weighted by Crippen LogP contribution is -2.42. The summed E-state index contributed by atoms with van der Waals surface area (Å²) < 4.78 is 5.59. The number of ether oxygens (including phenoxy) is 1. The van der Waals surface area contributed by atoms with Crippen molar-refractivity contribution in [3.63, 3.8) is 0 Å². The fourth-order valence-corrected chi connectivity index (χ4v) is 4.85. The van der Waals surface area contributed by atoms with Crippen LogP contribution >= 0.6 is 0 Å². The van der Waals surface area contributed by atoms with Crippen molar-refractivity contribution in [1.82, 2.24) is 10.2 Å². The largest absolute Gasteiger partial charge is 0.480 e. The van der Waals surface area contributed by atoms with E-state index in [-0.39, 0.29) is 36.9 Å². The van der Waals surface area contributed by atoms with Crippen LogP contribution in [0.4, 0.5) is 4.79 Å². The number of nitrogens with one attached hydrogen (secondary N) is 1. The van der Waals surface area contributed by atoms with E-state index >= 15 is 0 Å². The number of aliphatic carboxylic acids is 1. The normalized spacial score (nSPS) is 18.4. The number of hydrogen-bond acceptors (Lipinski definition) is 4. The first-order chi connectivity index (χ1) is 16.3. The molecule has 2 N–H and O–H groups in total. The fourth-order valence-electron chi connectivity index (χ4n) is 4.85. The highest BCUT2D eigenvalue weighted by Crippen LogP contribution is 2.44. The molecule has 2 aliphatic carbocycles. The first kappa shape index (κ1) is 23.5. The van der Waals surface area contributed by atoms with Crippen LogP contribution < -0.4 is 5.32 Å².